The van der Waals surface area contributed by atoms with Gasteiger partial charge in [-0.25, -0.2) is 0 Å². The van der Waals surface area contributed by atoms with E-state index < -0.39 is 0 Å². The van der Waals surface area contributed by atoms with E-state index in [2.05, 4.69) is 60.7 Å². The largest absolute Gasteiger partial charge is 0.486 e. The SMILES string of the molecule is Clc1cc2c3c(c1)OC1c4ccccc4-c4ccccc4C1B3c1ccccc1O2. The third kappa shape index (κ3) is 2.11. The molecule has 4 aromatic rings. The molecular weight excluding hydrogens is 391 g/mol. The lowest BCUT2D eigenvalue weighted by atomic mass is 9.29. The number of ether oxygens (including phenoxy) is 2. The van der Waals surface area contributed by atoms with Crippen molar-refractivity contribution >= 4 is 29.2 Å². The molecule has 0 N–H and O–H groups in total. The molecule has 142 valence electrons. The predicted octanol–water partition coefficient (Wildman–Crippen LogP) is 5.49. The zero-order valence-corrected chi connectivity index (χ0v) is 16.8. The Morgan fingerprint density at radius 1 is 0.700 bits per heavy atom. The summed E-state index contributed by atoms with van der Waals surface area (Å²) in [4.78, 5) is 0. The molecule has 2 atom stereocenters. The number of hydrogen-bond acceptors (Lipinski definition) is 2. The highest BCUT2D eigenvalue weighted by molar-refractivity contribution is 6.89. The van der Waals surface area contributed by atoms with Crippen LogP contribution in [0, 0.1) is 0 Å². The van der Waals surface area contributed by atoms with Crippen molar-refractivity contribution in [1.29, 1.82) is 0 Å². The second-order valence-electron chi connectivity index (χ2n) is 8.17. The van der Waals surface area contributed by atoms with Gasteiger partial charge in [-0.3, -0.25) is 0 Å². The van der Waals surface area contributed by atoms with Gasteiger partial charge in [0.1, 0.15) is 23.4 Å². The molecule has 4 aromatic carbocycles. The minimum Gasteiger partial charge on any atom is -0.486 e. The Balaban J connectivity index is 1.58. The monoisotopic (exact) mass is 406 g/mol. The number of rotatable bonds is 0. The van der Waals surface area contributed by atoms with Gasteiger partial charge in [0.2, 0.25) is 6.71 Å². The summed E-state index contributed by atoms with van der Waals surface area (Å²) in [6, 6.07) is 29.5. The third-order valence-corrected chi connectivity index (χ3v) is 6.89. The van der Waals surface area contributed by atoms with E-state index in [1.807, 2.05) is 24.3 Å². The lowest BCUT2D eigenvalue weighted by Gasteiger charge is -2.45. The molecule has 7 rings (SSSR count). The van der Waals surface area contributed by atoms with Crippen LogP contribution in [0.15, 0.2) is 84.9 Å². The van der Waals surface area contributed by atoms with Gasteiger partial charge in [0, 0.05) is 21.9 Å². The molecule has 4 heteroatoms. The van der Waals surface area contributed by atoms with Gasteiger partial charge in [0.25, 0.3) is 0 Å². The maximum absolute atomic E-state index is 6.70. The minimum absolute atomic E-state index is 0.0777. The second kappa shape index (κ2) is 5.93. The first-order valence-corrected chi connectivity index (χ1v) is 10.6. The first kappa shape index (κ1) is 16.6. The quantitative estimate of drug-likeness (QED) is 0.359. The molecule has 0 saturated carbocycles. The van der Waals surface area contributed by atoms with Gasteiger partial charge in [-0.05, 0) is 40.4 Å². The van der Waals surface area contributed by atoms with Crippen molar-refractivity contribution in [3.8, 4) is 28.4 Å². The highest BCUT2D eigenvalue weighted by atomic mass is 35.5. The van der Waals surface area contributed by atoms with Crippen molar-refractivity contribution in [2.75, 3.05) is 0 Å². The normalized spacial score (nSPS) is 19.3. The molecule has 0 radical (unpaired) electrons. The van der Waals surface area contributed by atoms with Crippen LogP contribution in [0.2, 0.25) is 5.02 Å². The average Bonchev–Trinajstić information content (AvgIpc) is 2.78. The lowest BCUT2D eigenvalue weighted by molar-refractivity contribution is 0.192. The molecule has 30 heavy (non-hydrogen) atoms. The van der Waals surface area contributed by atoms with E-state index in [-0.39, 0.29) is 18.6 Å². The van der Waals surface area contributed by atoms with Crippen molar-refractivity contribution in [3.63, 3.8) is 0 Å². The van der Waals surface area contributed by atoms with E-state index in [9.17, 15) is 0 Å². The van der Waals surface area contributed by atoms with Gasteiger partial charge in [-0.15, -0.1) is 0 Å². The standard InChI is InChI=1S/C26H16BClO2/c28-15-13-22-25-23(14-15)30-26-19-10-4-2-8-17(19)16-7-1-3-9-18(16)24(26)27(25)20-11-5-6-12-21(20)29-22/h1-14,24,26H. The van der Waals surface area contributed by atoms with Gasteiger partial charge in [-0.1, -0.05) is 78.3 Å². The van der Waals surface area contributed by atoms with Gasteiger partial charge in [0.15, 0.2) is 0 Å². The van der Waals surface area contributed by atoms with Crippen LogP contribution in [0.25, 0.3) is 11.1 Å². The Morgan fingerprint density at radius 2 is 1.37 bits per heavy atom. The molecule has 0 bridgehead atoms. The molecule has 0 fully saturated rings. The Labute approximate surface area is 180 Å². The van der Waals surface area contributed by atoms with E-state index in [1.54, 1.807) is 0 Å². The number of benzene rings is 4. The van der Waals surface area contributed by atoms with Crippen molar-refractivity contribution < 1.29 is 9.47 Å². The lowest BCUT2D eigenvalue weighted by Crippen LogP contribution is -2.57. The molecule has 0 saturated heterocycles. The molecule has 2 nitrogen and oxygen atoms in total. The van der Waals surface area contributed by atoms with Crippen LogP contribution in [-0.2, 0) is 0 Å². The van der Waals surface area contributed by atoms with Crippen LogP contribution in [-0.4, -0.2) is 6.71 Å². The van der Waals surface area contributed by atoms with Crippen molar-refractivity contribution in [2.24, 2.45) is 0 Å². The van der Waals surface area contributed by atoms with Crippen molar-refractivity contribution in [3.05, 3.63) is 101 Å². The third-order valence-electron chi connectivity index (χ3n) is 6.67. The summed E-state index contributed by atoms with van der Waals surface area (Å²) in [7, 11) is 0. The molecular formula is C26H16BClO2. The average molecular weight is 407 g/mol. The molecule has 0 amide bonds. The molecule has 2 aliphatic heterocycles. The summed E-state index contributed by atoms with van der Waals surface area (Å²) in [5, 5.41) is 0.629. The highest BCUT2D eigenvalue weighted by Gasteiger charge is 2.50. The van der Waals surface area contributed by atoms with E-state index >= 15 is 0 Å². The van der Waals surface area contributed by atoms with E-state index in [0.717, 1.165) is 22.7 Å². The first-order valence-electron chi connectivity index (χ1n) is 10.2. The zero-order valence-electron chi connectivity index (χ0n) is 16.0. The van der Waals surface area contributed by atoms with Gasteiger partial charge < -0.3 is 9.47 Å². The topological polar surface area (TPSA) is 18.5 Å². The Kier molecular flexibility index (Phi) is 3.28. The number of hydrogen-bond donors (Lipinski definition) is 0. The Bertz CT molecular complexity index is 1350. The second-order valence-corrected chi connectivity index (χ2v) is 8.61. The van der Waals surface area contributed by atoms with Crippen LogP contribution < -0.4 is 20.4 Å². The molecule has 1 aliphatic carbocycles. The van der Waals surface area contributed by atoms with Crippen LogP contribution in [0.4, 0.5) is 0 Å². The van der Waals surface area contributed by atoms with Crippen LogP contribution in [0.1, 0.15) is 23.0 Å². The van der Waals surface area contributed by atoms with Crippen molar-refractivity contribution in [2.45, 2.75) is 11.9 Å². The maximum atomic E-state index is 6.70. The van der Waals surface area contributed by atoms with E-state index in [0.29, 0.717) is 5.02 Å². The number of fused-ring (bicyclic) bond motifs is 9. The van der Waals surface area contributed by atoms with Crippen LogP contribution in [0.3, 0.4) is 0 Å². The van der Waals surface area contributed by atoms with Crippen LogP contribution in [0.5, 0.6) is 17.2 Å². The summed E-state index contributed by atoms with van der Waals surface area (Å²) in [6.07, 6.45) is -0.0777. The molecule has 0 spiro atoms. The summed E-state index contributed by atoms with van der Waals surface area (Å²) < 4.78 is 13.0. The summed E-state index contributed by atoms with van der Waals surface area (Å²) in [6.45, 7) is 0.144. The minimum atomic E-state index is -0.0777. The zero-order chi connectivity index (χ0) is 19.8. The fraction of sp³-hybridized carbons (Fsp3) is 0.0769. The maximum Gasteiger partial charge on any atom is 0.235 e. The van der Waals surface area contributed by atoms with E-state index in [4.69, 9.17) is 21.1 Å². The van der Waals surface area contributed by atoms with Crippen molar-refractivity contribution in [1.82, 2.24) is 0 Å². The molecule has 2 heterocycles. The number of halogens is 1. The van der Waals surface area contributed by atoms with Crippen LogP contribution >= 0.6 is 11.6 Å². The summed E-state index contributed by atoms with van der Waals surface area (Å²) in [5.74, 6) is 2.69. The van der Waals surface area contributed by atoms with Gasteiger partial charge >= 0.3 is 0 Å². The van der Waals surface area contributed by atoms with E-state index in [1.165, 1.54) is 27.7 Å². The van der Waals surface area contributed by atoms with Gasteiger partial charge in [-0.2, -0.15) is 0 Å². The first-order chi connectivity index (χ1) is 14.8. The summed E-state index contributed by atoms with van der Waals surface area (Å²) >= 11 is 6.46. The fourth-order valence-electron chi connectivity index (χ4n) is 5.54. The fourth-order valence-corrected chi connectivity index (χ4v) is 5.74. The molecule has 0 aromatic heterocycles. The highest BCUT2D eigenvalue weighted by Crippen LogP contribution is 2.52. The molecule has 3 aliphatic rings. The Morgan fingerprint density at radius 3 is 2.23 bits per heavy atom. The van der Waals surface area contributed by atoms with Gasteiger partial charge in [0.05, 0.1) is 0 Å². The smallest absolute Gasteiger partial charge is 0.235 e. The number of para-hydroxylation sites is 1. The Hall–Kier alpha value is -3.17. The summed E-state index contributed by atoms with van der Waals surface area (Å²) in [5.41, 5.74) is 7.42. The molecule has 2 unspecified atom stereocenters. The predicted molar refractivity (Wildman–Crippen MR) is 121 cm³/mol.